The van der Waals surface area contributed by atoms with Crippen LogP contribution in [0.3, 0.4) is 0 Å². The van der Waals surface area contributed by atoms with E-state index < -0.39 is 0 Å². The summed E-state index contributed by atoms with van der Waals surface area (Å²) in [6.45, 7) is 0. The lowest BCUT2D eigenvalue weighted by molar-refractivity contribution is 0.670. The van der Waals surface area contributed by atoms with E-state index in [2.05, 4.69) is 210 Å². The highest BCUT2D eigenvalue weighted by Gasteiger charge is 2.25. The molecule has 0 fully saturated rings. The van der Waals surface area contributed by atoms with Crippen LogP contribution in [0.25, 0.3) is 76.6 Å². The Balaban J connectivity index is 1.17. The van der Waals surface area contributed by atoms with Gasteiger partial charge < -0.3 is 9.88 Å². The summed E-state index contributed by atoms with van der Waals surface area (Å²) in [5.74, 6) is 0. The molecule has 1 atom stereocenters. The highest BCUT2D eigenvalue weighted by atomic mass is 15.1. The molecular formula is C52H35N3. The Morgan fingerprint density at radius 1 is 0.418 bits per heavy atom. The van der Waals surface area contributed by atoms with E-state index in [0.29, 0.717) is 0 Å². The Morgan fingerprint density at radius 3 is 1.69 bits per heavy atom. The number of benzene rings is 9. The van der Waals surface area contributed by atoms with Gasteiger partial charge in [-0.05, 0) is 74.1 Å². The smallest absolute Gasteiger partial charge is 0.146 e. The van der Waals surface area contributed by atoms with Gasteiger partial charge in [0.25, 0.3) is 0 Å². The van der Waals surface area contributed by atoms with Gasteiger partial charge in [0.2, 0.25) is 0 Å². The zero-order valence-electron chi connectivity index (χ0n) is 30.0. The molecule has 0 bridgehead atoms. The van der Waals surface area contributed by atoms with Crippen LogP contribution in [0.1, 0.15) is 22.9 Å². The van der Waals surface area contributed by atoms with Gasteiger partial charge in [-0.1, -0.05) is 170 Å². The molecule has 1 unspecified atom stereocenters. The molecule has 1 aliphatic rings. The van der Waals surface area contributed by atoms with Crippen molar-refractivity contribution >= 4 is 65.5 Å². The predicted octanol–water partition coefficient (Wildman–Crippen LogP) is 13.0. The molecular weight excluding hydrogens is 667 g/mol. The monoisotopic (exact) mass is 701 g/mol. The van der Waals surface area contributed by atoms with Gasteiger partial charge >= 0.3 is 0 Å². The van der Waals surface area contributed by atoms with Gasteiger partial charge in [-0.25, -0.2) is 0 Å². The van der Waals surface area contributed by atoms with Crippen molar-refractivity contribution in [3.8, 4) is 16.8 Å². The zero-order valence-corrected chi connectivity index (χ0v) is 30.0. The van der Waals surface area contributed by atoms with Crippen LogP contribution in [0.4, 0.5) is 0 Å². The Labute approximate surface area is 319 Å². The number of allylic oxidation sites excluding steroid dienone is 1. The molecule has 3 nitrogen and oxygen atoms in total. The highest BCUT2D eigenvalue weighted by Crippen LogP contribution is 2.46. The van der Waals surface area contributed by atoms with Crippen LogP contribution >= 0.6 is 0 Å². The average Bonchev–Trinajstić information content (AvgIpc) is 3.62. The first-order valence-corrected chi connectivity index (χ1v) is 18.9. The van der Waals surface area contributed by atoms with Crippen LogP contribution in [0.5, 0.6) is 0 Å². The standard InChI is InChI=1S/C52H35N3/c1-4-16-34(17-5-1)35-28-30-37(31-29-35)47-33-46(36-18-6-2-7-19-36)53-52(54-47)45-32-44-40-23-11-13-25-42(40)51-50(49(44)41-24-12-10-22-39(41)45)43-26-14-15-27-48(43)55(51)38-20-8-3-9-21-38/h1-33,52,54H. The summed E-state index contributed by atoms with van der Waals surface area (Å²) in [5, 5.41) is 13.8. The first-order valence-electron chi connectivity index (χ1n) is 18.9. The van der Waals surface area contributed by atoms with Gasteiger partial charge in [0, 0.05) is 38.5 Å². The summed E-state index contributed by atoms with van der Waals surface area (Å²) in [6, 6.07) is 69.8. The average molecular weight is 702 g/mol. The summed E-state index contributed by atoms with van der Waals surface area (Å²) in [6.07, 6.45) is 1.88. The minimum absolute atomic E-state index is 0.321. The molecule has 0 amide bonds. The third kappa shape index (κ3) is 5.09. The van der Waals surface area contributed by atoms with Crippen molar-refractivity contribution in [2.75, 3.05) is 0 Å². The normalized spacial score (nSPS) is 14.4. The van der Waals surface area contributed by atoms with Crippen molar-refractivity contribution in [2.45, 2.75) is 6.17 Å². The van der Waals surface area contributed by atoms with E-state index in [4.69, 9.17) is 4.99 Å². The number of rotatable bonds is 5. The fourth-order valence-electron chi connectivity index (χ4n) is 8.72. The van der Waals surface area contributed by atoms with Crippen molar-refractivity contribution in [1.29, 1.82) is 0 Å². The van der Waals surface area contributed by atoms with E-state index >= 15 is 0 Å². The summed E-state index contributed by atoms with van der Waals surface area (Å²) in [4.78, 5) is 5.48. The van der Waals surface area contributed by atoms with Crippen molar-refractivity contribution in [1.82, 2.24) is 9.88 Å². The van der Waals surface area contributed by atoms with Crippen LogP contribution in [-0.4, -0.2) is 10.3 Å². The molecule has 3 heteroatoms. The molecule has 10 aromatic rings. The second kappa shape index (κ2) is 12.7. The molecule has 258 valence electrons. The molecule has 2 heterocycles. The van der Waals surface area contributed by atoms with Gasteiger partial charge in [-0.3, -0.25) is 4.99 Å². The SMILES string of the molecule is C1=C(c2ccc(-c3ccccc3)cc2)NC(c2cc3c4ccccc4c4c(c5ccccc5n4-c4ccccc4)c3c3ccccc23)N=C1c1ccccc1. The van der Waals surface area contributed by atoms with E-state index in [9.17, 15) is 0 Å². The topological polar surface area (TPSA) is 29.3 Å². The maximum atomic E-state index is 5.48. The molecule has 11 rings (SSSR count). The molecule has 55 heavy (non-hydrogen) atoms. The molecule has 9 aromatic carbocycles. The molecule has 0 aliphatic carbocycles. The van der Waals surface area contributed by atoms with Crippen molar-refractivity contribution in [3.63, 3.8) is 0 Å². The molecule has 0 spiro atoms. The first kappa shape index (κ1) is 31.3. The van der Waals surface area contributed by atoms with E-state index in [1.54, 1.807) is 0 Å². The van der Waals surface area contributed by atoms with Crippen LogP contribution in [0.15, 0.2) is 205 Å². The zero-order chi connectivity index (χ0) is 36.3. The number of para-hydroxylation sites is 2. The van der Waals surface area contributed by atoms with Crippen molar-refractivity contribution < 1.29 is 0 Å². The third-order valence-electron chi connectivity index (χ3n) is 11.2. The maximum absolute atomic E-state index is 5.48. The number of aliphatic imine (C=N–C) groups is 1. The van der Waals surface area contributed by atoms with Crippen molar-refractivity contribution in [3.05, 3.63) is 217 Å². The number of fused-ring (bicyclic) bond motifs is 10. The Hall–Kier alpha value is -7.23. The number of aromatic nitrogens is 1. The lowest BCUT2D eigenvalue weighted by atomic mass is 9.89. The summed E-state index contributed by atoms with van der Waals surface area (Å²) >= 11 is 0. The number of hydrogen-bond acceptors (Lipinski definition) is 2. The van der Waals surface area contributed by atoms with Gasteiger partial charge in [-0.15, -0.1) is 0 Å². The van der Waals surface area contributed by atoms with E-state index in [-0.39, 0.29) is 6.17 Å². The number of nitrogens with zero attached hydrogens (tertiary/aromatic N) is 2. The fourth-order valence-corrected chi connectivity index (χ4v) is 8.72. The van der Waals surface area contributed by atoms with Crippen LogP contribution in [0, 0.1) is 0 Å². The predicted molar refractivity (Wildman–Crippen MR) is 232 cm³/mol. The van der Waals surface area contributed by atoms with Gasteiger partial charge in [0.15, 0.2) is 0 Å². The fraction of sp³-hybridized carbons (Fsp3) is 0.0192. The van der Waals surface area contributed by atoms with Gasteiger partial charge in [-0.2, -0.15) is 0 Å². The second-order valence-electron chi connectivity index (χ2n) is 14.3. The second-order valence-corrected chi connectivity index (χ2v) is 14.3. The third-order valence-corrected chi connectivity index (χ3v) is 11.2. The lowest BCUT2D eigenvalue weighted by Gasteiger charge is -2.27. The van der Waals surface area contributed by atoms with Crippen molar-refractivity contribution in [2.24, 2.45) is 4.99 Å². The number of nitrogens with one attached hydrogen (secondary N) is 1. The van der Waals surface area contributed by atoms with E-state index in [0.717, 1.165) is 33.8 Å². The first-order chi connectivity index (χ1) is 27.3. The van der Waals surface area contributed by atoms with Crippen LogP contribution < -0.4 is 5.32 Å². The number of hydrogen-bond donors (Lipinski definition) is 1. The highest BCUT2D eigenvalue weighted by molar-refractivity contribution is 6.37. The van der Waals surface area contributed by atoms with E-state index in [1.807, 2.05) is 0 Å². The maximum Gasteiger partial charge on any atom is 0.146 e. The molecule has 1 aromatic heterocycles. The minimum atomic E-state index is -0.321. The summed E-state index contributed by atoms with van der Waals surface area (Å²) < 4.78 is 2.45. The minimum Gasteiger partial charge on any atom is -0.359 e. The van der Waals surface area contributed by atoms with Crippen LogP contribution in [-0.2, 0) is 0 Å². The molecule has 0 saturated carbocycles. The molecule has 1 aliphatic heterocycles. The quantitative estimate of drug-likeness (QED) is 0.178. The molecule has 0 radical (unpaired) electrons. The Bertz CT molecular complexity index is 3140. The largest absolute Gasteiger partial charge is 0.359 e. The summed E-state index contributed by atoms with van der Waals surface area (Å²) in [5.41, 5.74) is 11.4. The lowest BCUT2D eigenvalue weighted by Crippen LogP contribution is -2.25. The van der Waals surface area contributed by atoms with Crippen LogP contribution in [0.2, 0.25) is 0 Å². The summed E-state index contributed by atoms with van der Waals surface area (Å²) in [7, 11) is 0. The molecule has 1 N–H and O–H groups in total. The van der Waals surface area contributed by atoms with Gasteiger partial charge in [0.1, 0.15) is 6.17 Å². The van der Waals surface area contributed by atoms with Gasteiger partial charge in [0.05, 0.1) is 16.7 Å². The Morgan fingerprint density at radius 2 is 0.964 bits per heavy atom. The van der Waals surface area contributed by atoms with E-state index in [1.165, 1.54) is 65.3 Å². The molecule has 0 saturated heterocycles. The Kier molecular flexibility index (Phi) is 7.24.